The number of nitrogens with one attached hydrogen (secondary N) is 1. The number of nitrogens with zero attached hydrogens (tertiary/aromatic N) is 4. The molecule has 1 aromatic heterocycles. The Balaban J connectivity index is 2.03. The zero-order valence-corrected chi connectivity index (χ0v) is 15.8. The van der Waals surface area contributed by atoms with E-state index >= 15 is 0 Å². The van der Waals surface area contributed by atoms with E-state index in [9.17, 15) is 24.0 Å². The molecule has 5 amide bonds. The number of oxime groups is 1. The molecule has 0 bridgehead atoms. The van der Waals surface area contributed by atoms with Crippen molar-refractivity contribution in [3.8, 4) is 0 Å². The Kier molecular flexibility index (Phi) is 6.66. The Labute approximate surface area is 167 Å². The lowest BCUT2D eigenvalue weighted by atomic mass is 10.1. The molecule has 1 aromatic rings. The number of nitrogens with two attached hydrogens (primary N) is 2. The maximum Gasteiger partial charge on any atom is 0.327 e. The van der Waals surface area contributed by atoms with Crippen molar-refractivity contribution in [3.05, 3.63) is 11.1 Å². The first kappa shape index (κ1) is 21.5. The maximum atomic E-state index is 12.4. The molecular weight excluding hydrogens is 410 g/mol. The predicted octanol–water partition coefficient (Wildman–Crippen LogP) is -2.61. The zero-order chi connectivity index (χ0) is 21.7. The van der Waals surface area contributed by atoms with Crippen LogP contribution in [0.15, 0.2) is 10.5 Å². The number of primary amides is 1. The minimum atomic E-state index is -1.39. The van der Waals surface area contributed by atoms with Gasteiger partial charge in [0.2, 0.25) is 5.91 Å². The summed E-state index contributed by atoms with van der Waals surface area (Å²) in [5.74, 6) is -3.92. The van der Waals surface area contributed by atoms with Crippen LogP contribution in [0.4, 0.5) is 9.93 Å². The number of hydrogen-bond acceptors (Lipinski definition) is 10. The predicted molar refractivity (Wildman–Crippen MR) is 97.5 cm³/mol. The monoisotopic (exact) mass is 427 g/mol. The summed E-state index contributed by atoms with van der Waals surface area (Å²) in [4.78, 5) is 68.6. The second kappa shape index (κ2) is 8.96. The molecule has 0 radical (unpaired) electrons. The van der Waals surface area contributed by atoms with Gasteiger partial charge in [0.05, 0.1) is 6.54 Å². The number of carboxylic acid groups (broad SMARTS) is 1. The van der Waals surface area contributed by atoms with E-state index in [0.29, 0.717) is 9.80 Å². The molecule has 1 atom stereocenters. The molecule has 6 N–H and O–H groups in total. The Hall–Kier alpha value is -3.75. The Bertz CT molecular complexity index is 867. The molecule has 1 aliphatic heterocycles. The highest BCUT2D eigenvalue weighted by molar-refractivity contribution is 7.13. The van der Waals surface area contributed by atoms with Gasteiger partial charge in [0.15, 0.2) is 10.8 Å². The molecule has 14 nitrogen and oxygen atoms in total. The summed E-state index contributed by atoms with van der Waals surface area (Å²) in [6, 6.07) is -2.08. The van der Waals surface area contributed by atoms with Crippen molar-refractivity contribution in [2.24, 2.45) is 10.9 Å². The number of carbonyl (C=O) groups is 5. The number of carbonyl (C=O) groups excluding carboxylic acids is 4. The second-order valence-corrected chi connectivity index (χ2v) is 6.56. The van der Waals surface area contributed by atoms with Crippen molar-refractivity contribution in [2.45, 2.75) is 6.04 Å². The summed E-state index contributed by atoms with van der Waals surface area (Å²) in [6.45, 7) is -1.74. The van der Waals surface area contributed by atoms with Gasteiger partial charge in [-0.2, -0.15) is 0 Å². The number of thiazole rings is 1. The van der Waals surface area contributed by atoms with E-state index in [2.05, 4.69) is 20.3 Å². The van der Waals surface area contributed by atoms with Gasteiger partial charge < -0.3 is 31.6 Å². The fourth-order valence-electron chi connectivity index (χ4n) is 2.34. The summed E-state index contributed by atoms with van der Waals surface area (Å²) >= 11 is 1.07. The molecule has 0 aliphatic carbocycles. The largest absolute Gasteiger partial charge is 0.480 e. The second-order valence-electron chi connectivity index (χ2n) is 5.67. The van der Waals surface area contributed by atoms with Crippen LogP contribution >= 0.6 is 11.3 Å². The highest BCUT2D eigenvalue weighted by Gasteiger charge is 2.44. The van der Waals surface area contributed by atoms with Gasteiger partial charge in [-0.25, -0.2) is 9.78 Å². The van der Waals surface area contributed by atoms with Crippen LogP contribution in [0.5, 0.6) is 0 Å². The van der Waals surface area contributed by atoms with Crippen molar-refractivity contribution in [3.63, 3.8) is 0 Å². The maximum absolute atomic E-state index is 12.4. The molecule has 0 unspecified atom stereocenters. The third kappa shape index (κ3) is 5.16. The average Bonchev–Trinajstić information content (AvgIpc) is 3.06. The summed E-state index contributed by atoms with van der Waals surface area (Å²) < 4.78 is 0. The normalized spacial score (nSPS) is 16.0. The molecule has 15 heteroatoms. The highest BCUT2D eigenvalue weighted by Crippen LogP contribution is 2.16. The number of carboxylic acids is 1. The van der Waals surface area contributed by atoms with Crippen LogP contribution in [0.25, 0.3) is 0 Å². The first-order valence-electron chi connectivity index (χ1n) is 7.87. The number of hydrogen-bond donors (Lipinski definition) is 4. The lowest BCUT2D eigenvalue weighted by molar-refractivity contribution is -0.144. The van der Waals surface area contributed by atoms with Crippen LogP contribution in [-0.4, -0.2) is 88.1 Å². The van der Waals surface area contributed by atoms with Crippen molar-refractivity contribution in [2.75, 3.05) is 32.5 Å². The van der Waals surface area contributed by atoms with Gasteiger partial charge >= 0.3 is 12.0 Å². The zero-order valence-electron chi connectivity index (χ0n) is 15.0. The van der Waals surface area contributed by atoms with E-state index in [-0.39, 0.29) is 23.1 Å². The fraction of sp³-hybridized carbons (Fsp3) is 0.357. The van der Waals surface area contributed by atoms with Crippen molar-refractivity contribution < 1.29 is 33.9 Å². The number of amides is 5. The van der Waals surface area contributed by atoms with Gasteiger partial charge in [-0.3, -0.25) is 24.1 Å². The summed E-state index contributed by atoms with van der Waals surface area (Å²) in [7, 11) is 1.22. The summed E-state index contributed by atoms with van der Waals surface area (Å²) in [6.07, 6.45) is 0. The molecule has 156 valence electrons. The standard InChI is InChI=1S/C14H17N7O7S/c1-28-19-10(7-5-29-13(16)18-7)11(25)17-6-2-21(12(6)26)14(27)20(3-8(15)22)4-9(23)24/h5-6H,2-4H2,1H3,(H2,15,22)(H2,16,18)(H,17,25)(H,23,24)/t6-/m0/s1. The molecule has 2 rings (SSSR count). The first-order chi connectivity index (χ1) is 13.6. The van der Waals surface area contributed by atoms with Gasteiger partial charge in [0.25, 0.3) is 11.8 Å². The van der Waals surface area contributed by atoms with E-state index < -0.39 is 48.9 Å². The van der Waals surface area contributed by atoms with Crippen LogP contribution in [0.2, 0.25) is 0 Å². The SMILES string of the molecule is CON=C(C(=O)N[C@H]1CN(C(=O)N(CC(N)=O)CC(=O)O)C1=O)c1csc(N)n1. The molecule has 1 aliphatic rings. The highest BCUT2D eigenvalue weighted by atomic mass is 32.1. The van der Waals surface area contributed by atoms with Gasteiger partial charge in [0.1, 0.15) is 31.9 Å². The van der Waals surface area contributed by atoms with Gasteiger partial charge in [-0.1, -0.05) is 5.16 Å². The smallest absolute Gasteiger partial charge is 0.327 e. The fourth-order valence-corrected chi connectivity index (χ4v) is 2.89. The van der Waals surface area contributed by atoms with E-state index in [1.54, 1.807) is 0 Å². The third-order valence-electron chi connectivity index (χ3n) is 3.57. The quantitative estimate of drug-likeness (QED) is 0.194. The van der Waals surface area contributed by atoms with Crippen LogP contribution in [-0.2, 0) is 24.0 Å². The third-order valence-corrected chi connectivity index (χ3v) is 4.24. The van der Waals surface area contributed by atoms with E-state index in [0.717, 1.165) is 11.3 Å². The molecular formula is C14H17N7O7S. The topological polar surface area (TPSA) is 211 Å². The van der Waals surface area contributed by atoms with Crippen LogP contribution < -0.4 is 16.8 Å². The number of aliphatic carboxylic acids is 1. The number of imide groups is 1. The Morgan fingerprint density at radius 2 is 2.14 bits per heavy atom. The van der Waals surface area contributed by atoms with Crippen LogP contribution in [0.3, 0.4) is 0 Å². The number of rotatable bonds is 8. The molecule has 2 heterocycles. The molecule has 1 fully saturated rings. The van der Waals surface area contributed by atoms with E-state index in [4.69, 9.17) is 16.6 Å². The minimum Gasteiger partial charge on any atom is -0.480 e. The molecule has 29 heavy (non-hydrogen) atoms. The number of anilines is 1. The van der Waals surface area contributed by atoms with Crippen molar-refractivity contribution in [1.82, 2.24) is 20.1 Å². The average molecular weight is 427 g/mol. The van der Waals surface area contributed by atoms with Crippen molar-refractivity contribution in [1.29, 1.82) is 0 Å². The lowest BCUT2D eigenvalue weighted by Gasteiger charge is -2.39. The minimum absolute atomic E-state index is 0.139. The van der Waals surface area contributed by atoms with E-state index in [1.165, 1.54) is 12.5 Å². The van der Waals surface area contributed by atoms with Gasteiger partial charge in [-0.15, -0.1) is 11.3 Å². The number of urea groups is 1. The number of β-lactam (4-membered cyclic amide) rings is 1. The molecule has 0 spiro atoms. The number of aromatic nitrogens is 1. The van der Waals surface area contributed by atoms with Crippen LogP contribution in [0, 0.1) is 0 Å². The molecule has 1 saturated heterocycles. The summed E-state index contributed by atoms with van der Waals surface area (Å²) in [5, 5.41) is 16.4. The number of likely N-dealkylation sites (tertiary alicyclic amines) is 1. The van der Waals surface area contributed by atoms with Crippen molar-refractivity contribution >= 4 is 51.9 Å². The number of nitrogen functional groups attached to an aromatic ring is 1. The molecule has 0 saturated carbocycles. The van der Waals surface area contributed by atoms with Gasteiger partial charge in [0, 0.05) is 5.38 Å². The molecule has 0 aromatic carbocycles. The van der Waals surface area contributed by atoms with Crippen LogP contribution in [0.1, 0.15) is 5.69 Å². The van der Waals surface area contributed by atoms with E-state index in [1.807, 2.05) is 0 Å². The first-order valence-corrected chi connectivity index (χ1v) is 8.75. The Morgan fingerprint density at radius 1 is 1.45 bits per heavy atom. The lowest BCUT2D eigenvalue weighted by Crippen LogP contribution is -2.68. The summed E-state index contributed by atoms with van der Waals surface area (Å²) in [5.41, 5.74) is 10.4. The Morgan fingerprint density at radius 3 is 2.62 bits per heavy atom. The van der Waals surface area contributed by atoms with Gasteiger partial charge in [-0.05, 0) is 0 Å².